The van der Waals surface area contributed by atoms with Gasteiger partial charge in [-0.25, -0.2) is 0 Å². The van der Waals surface area contributed by atoms with Crippen LogP contribution >= 0.6 is 23.2 Å². The van der Waals surface area contributed by atoms with Gasteiger partial charge in [-0.05, 0) is 82.6 Å². The summed E-state index contributed by atoms with van der Waals surface area (Å²) in [6, 6.07) is 35.5. The Balaban J connectivity index is 1.27. The maximum atomic E-state index is 13.0. The average Bonchev–Trinajstić information content (AvgIpc) is 2.99. The fraction of sp³-hybridized carbons (Fsp3) is 0.0588. The molecule has 5 nitrogen and oxygen atoms in total. The van der Waals surface area contributed by atoms with Crippen LogP contribution in [0.5, 0.6) is 11.5 Å². The maximum absolute atomic E-state index is 13.0. The summed E-state index contributed by atoms with van der Waals surface area (Å²) in [5.41, 5.74) is 2.96. The first-order valence-corrected chi connectivity index (χ1v) is 13.5. The zero-order valence-electron chi connectivity index (χ0n) is 21.8. The number of nitriles is 1. The number of carbonyl (C=O) groups is 1. The second-order valence-electron chi connectivity index (χ2n) is 9.17. The van der Waals surface area contributed by atoms with Crippen molar-refractivity contribution in [3.63, 3.8) is 0 Å². The first-order valence-electron chi connectivity index (χ1n) is 12.8. The van der Waals surface area contributed by atoms with Gasteiger partial charge in [0, 0.05) is 21.3 Å². The monoisotopic (exact) mass is 578 g/mol. The Hall–Kier alpha value is -4.76. The van der Waals surface area contributed by atoms with E-state index in [9.17, 15) is 10.1 Å². The van der Waals surface area contributed by atoms with Crippen molar-refractivity contribution in [2.75, 3.05) is 5.32 Å². The lowest BCUT2D eigenvalue weighted by Gasteiger charge is -2.12. The van der Waals surface area contributed by atoms with Gasteiger partial charge in [0.05, 0.1) is 0 Å². The average molecular weight is 579 g/mol. The van der Waals surface area contributed by atoms with Crippen LogP contribution in [0.3, 0.4) is 0 Å². The van der Waals surface area contributed by atoms with Crippen LogP contribution in [-0.4, -0.2) is 5.91 Å². The molecule has 1 amide bonds. The Bertz CT molecular complexity index is 1750. The van der Waals surface area contributed by atoms with Gasteiger partial charge in [-0.2, -0.15) is 5.26 Å². The second-order valence-corrected chi connectivity index (χ2v) is 10.0. The van der Waals surface area contributed by atoms with E-state index in [1.54, 1.807) is 42.5 Å². The van der Waals surface area contributed by atoms with Crippen molar-refractivity contribution < 1.29 is 14.3 Å². The predicted octanol–water partition coefficient (Wildman–Crippen LogP) is 8.85. The summed E-state index contributed by atoms with van der Waals surface area (Å²) in [4.78, 5) is 13.0. The van der Waals surface area contributed by atoms with Crippen LogP contribution in [0.15, 0.2) is 115 Å². The Morgan fingerprint density at radius 1 is 0.805 bits per heavy atom. The number of halogens is 2. The van der Waals surface area contributed by atoms with Gasteiger partial charge in [0.15, 0.2) is 0 Å². The summed E-state index contributed by atoms with van der Waals surface area (Å²) in [7, 11) is 0. The second kappa shape index (κ2) is 13.1. The highest BCUT2D eigenvalue weighted by Crippen LogP contribution is 2.28. The molecular formula is C34H24Cl2N2O3. The molecule has 41 heavy (non-hydrogen) atoms. The van der Waals surface area contributed by atoms with E-state index in [0.717, 1.165) is 21.9 Å². The molecule has 0 unspecified atom stereocenters. The van der Waals surface area contributed by atoms with Crippen molar-refractivity contribution in [3.05, 3.63) is 142 Å². The maximum Gasteiger partial charge on any atom is 0.266 e. The van der Waals surface area contributed by atoms with Gasteiger partial charge >= 0.3 is 0 Å². The van der Waals surface area contributed by atoms with Crippen molar-refractivity contribution in [3.8, 4) is 17.6 Å². The number of benzene rings is 5. The molecule has 202 valence electrons. The number of rotatable bonds is 9. The van der Waals surface area contributed by atoms with E-state index < -0.39 is 5.91 Å². The molecule has 0 aromatic heterocycles. The van der Waals surface area contributed by atoms with Crippen molar-refractivity contribution in [1.82, 2.24) is 0 Å². The molecule has 5 aromatic carbocycles. The highest BCUT2D eigenvalue weighted by Gasteiger charge is 2.13. The minimum absolute atomic E-state index is 0.0923. The molecule has 0 aliphatic rings. The summed E-state index contributed by atoms with van der Waals surface area (Å²) in [6.07, 6.45) is 1.48. The SMILES string of the molecule is N#C/C(=C\c1cc(Cl)ccc1OCc1cccc2ccccc12)C(=O)Nc1ccc(OCc2ccc(Cl)cc2)cc1. The highest BCUT2D eigenvalue weighted by molar-refractivity contribution is 6.31. The van der Waals surface area contributed by atoms with E-state index in [1.807, 2.05) is 60.7 Å². The molecule has 0 heterocycles. The zero-order chi connectivity index (χ0) is 28.6. The molecule has 0 aliphatic heterocycles. The molecule has 0 aliphatic carbocycles. The van der Waals surface area contributed by atoms with Gasteiger partial charge in [0.2, 0.25) is 0 Å². The van der Waals surface area contributed by atoms with Crippen LogP contribution in [-0.2, 0) is 18.0 Å². The van der Waals surface area contributed by atoms with Gasteiger partial charge in [-0.3, -0.25) is 4.79 Å². The summed E-state index contributed by atoms with van der Waals surface area (Å²) < 4.78 is 11.9. The Labute approximate surface area is 248 Å². The van der Waals surface area contributed by atoms with Crippen LogP contribution in [0.1, 0.15) is 16.7 Å². The van der Waals surface area contributed by atoms with Gasteiger partial charge < -0.3 is 14.8 Å². The zero-order valence-corrected chi connectivity index (χ0v) is 23.3. The number of amides is 1. The molecule has 0 fully saturated rings. The number of hydrogen-bond donors (Lipinski definition) is 1. The van der Waals surface area contributed by atoms with Crippen LogP contribution < -0.4 is 14.8 Å². The third-order valence-electron chi connectivity index (χ3n) is 6.33. The molecule has 0 spiro atoms. The number of fused-ring (bicyclic) bond motifs is 1. The first-order chi connectivity index (χ1) is 20.0. The molecule has 7 heteroatoms. The normalized spacial score (nSPS) is 11.1. The van der Waals surface area contributed by atoms with Crippen molar-refractivity contribution in [2.24, 2.45) is 0 Å². The number of ether oxygens (including phenoxy) is 2. The standard InChI is InChI=1S/C34H24Cl2N2O3/c35-28-10-8-23(9-11-28)21-40-31-15-13-30(14-16-31)38-34(39)27(20-37)18-26-19-29(36)12-17-33(26)41-22-25-6-3-5-24-4-1-2-7-32(24)25/h1-19H,21-22H2,(H,38,39)/b27-18+. The van der Waals surface area contributed by atoms with Gasteiger partial charge in [-0.1, -0.05) is 77.8 Å². The summed E-state index contributed by atoms with van der Waals surface area (Å²) in [5.74, 6) is 0.591. The van der Waals surface area contributed by atoms with E-state index in [2.05, 4.69) is 17.4 Å². The van der Waals surface area contributed by atoms with E-state index in [1.165, 1.54) is 6.08 Å². The third-order valence-corrected chi connectivity index (χ3v) is 6.82. The fourth-order valence-electron chi connectivity index (χ4n) is 4.22. The van der Waals surface area contributed by atoms with Crippen molar-refractivity contribution in [2.45, 2.75) is 13.2 Å². The number of hydrogen-bond acceptors (Lipinski definition) is 4. The van der Waals surface area contributed by atoms with E-state index >= 15 is 0 Å². The summed E-state index contributed by atoms with van der Waals surface area (Å²) in [5, 5.41) is 15.9. The largest absolute Gasteiger partial charge is 0.489 e. The van der Waals surface area contributed by atoms with E-state index in [-0.39, 0.29) is 5.57 Å². The fourth-order valence-corrected chi connectivity index (χ4v) is 4.53. The predicted molar refractivity (Wildman–Crippen MR) is 164 cm³/mol. The van der Waals surface area contributed by atoms with E-state index in [0.29, 0.717) is 46.0 Å². The minimum Gasteiger partial charge on any atom is -0.489 e. The molecule has 5 aromatic rings. The van der Waals surface area contributed by atoms with Crippen LogP contribution in [0, 0.1) is 11.3 Å². The van der Waals surface area contributed by atoms with Crippen molar-refractivity contribution in [1.29, 1.82) is 5.26 Å². The van der Waals surface area contributed by atoms with Gasteiger partial charge in [0.25, 0.3) is 5.91 Å². The van der Waals surface area contributed by atoms with E-state index in [4.69, 9.17) is 32.7 Å². The number of nitrogens with zero attached hydrogens (tertiary/aromatic N) is 1. The van der Waals surface area contributed by atoms with Crippen LogP contribution in [0.25, 0.3) is 16.8 Å². The molecule has 0 saturated heterocycles. The Kier molecular flexibility index (Phi) is 8.85. The van der Waals surface area contributed by atoms with Gasteiger partial charge in [0.1, 0.15) is 36.4 Å². The summed E-state index contributed by atoms with van der Waals surface area (Å²) >= 11 is 12.2. The third kappa shape index (κ3) is 7.26. The number of anilines is 1. The lowest BCUT2D eigenvalue weighted by atomic mass is 10.1. The first kappa shape index (κ1) is 27.8. The molecule has 0 radical (unpaired) electrons. The Morgan fingerprint density at radius 3 is 2.32 bits per heavy atom. The van der Waals surface area contributed by atoms with Crippen LogP contribution in [0.2, 0.25) is 10.0 Å². The topological polar surface area (TPSA) is 71.3 Å². The summed E-state index contributed by atoms with van der Waals surface area (Å²) in [6.45, 7) is 0.694. The minimum atomic E-state index is -0.553. The van der Waals surface area contributed by atoms with Crippen LogP contribution in [0.4, 0.5) is 5.69 Å². The van der Waals surface area contributed by atoms with Crippen molar-refractivity contribution >= 4 is 51.6 Å². The molecule has 0 atom stereocenters. The molecule has 0 bridgehead atoms. The molecule has 5 rings (SSSR count). The smallest absolute Gasteiger partial charge is 0.266 e. The molecular weight excluding hydrogens is 555 g/mol. The molecule has 0 saturated carbocycles. The number of nitrogens with one attached hydrogen (secondary N) is 1. The quantitative estimate of drug-likeness (QED) is 0.140. The van der Waals surface area contributed by atoms with Gasteiger partial charge in [-0.15, -0.1) is 0 Å². The highest BCUT2D eigenvalue weighted by atomic mass is 35.5. The lowest BCUT2D eigenvalue weighted by molar-refractivity contribution is -0.112. The lowest BCUT2D eigenvalue weighted by Crippen LogP contribution is -2.13. The Morgan fingerprint density at radius 2 is 1.54 bits per heavy atom. The number of carbonyl (C=O) groups excluding carboxylic acids is 1. The molecule has 1 N–H and O–H groups in total.